The third kappa shape index (κ3) is 4.18. The number of hydrogen-bond acceptors (Lipinski definition) is 7. The Labute approximate surface area is 206 Å². The maximum absolute atomic E-state index is 13.0. The van der Waals surface area contributed by atoms with Crippen LogP contribution in [0, 0.1) is 0 Å². The fraction of sp³-hybridized carbons (Fsp3) is 0.227. The number of benzene rings is 2. The van der Waals surface area contributed by atoms with Crippen molar-refractivity contribution >= 4 is 45.0 Å². The van der Waals surface area contributed by atoms with Gasteiger partial charge in [-0.3, -0.25) is 0 Å². The van der Waals surface area contributed by atoms with Crippen LogP contribution in [0.25, 0.3) is 17.0 Å². The first-order chi connectivity index (χ1) is 16.4. The van der Waals surface area contributed by atoms with E-state index in [4.69, 9.17) is 27.9 Å². The molecule has 1 aliphatic heterocycles. The molecular weight excluding hydrogens is 499 g/mol. The largest absolute Gasteiger partial charge is 0.497 e. The molecule has 0 atom stereocenters. The fourth-order valence-electron chi connectivity index (χ4n) is 3.84. The number of sulfonamides is 1. The summed E-state index contributed by atoms with van der Waals surface area (Å²) in [7, 11) is -2.06. The molecule has 0 radical (unpaired) electrons. The quantitative estimate of drug-likeness (QED) is 0.398. The molecule has 1 fully saturated rings. The smallest absolute Gasteiger partial charge is 0.254 e. The zero-order valence-corrected chi connectivity index (χ0v) is 20.4. The second-order valence-corrected chi connectivity index (χ2v) is 10.4. The van der Waals surface area contributed by atoms with Crippen molar-refractivity contribution in [3.05, 3.63) is 64.8 Å². The zero-order valence-electron chi connectivity index (χ0n) is 18.1. The summed E-state index contributed by atoms with van der Waals surface area (Å²) in [4.78, 5) is 11.0. The maximum atomic E-state index is 13.0. The number of rotatable bonds is 5. The monoisotopic (exact) mass is 518 g/mol. The van der Waals surface area contributed by atoms with Crippen molar-refractivity contribution in [3.8, 4) is 17.0 Å². The van der Waals surface area contributed by atoms with E-state index >= 15 is 0 Å². The number of nitrogens with zero attached hydrogens (tertiary/aromatic N) is 6. The molecule has 0 bridgehead atoms. The van der Waals surface area contributed by atoms with Crippen LogP contribution in [0.2, 0.25) is 10.0 Å². The van der Waals surface area contributed by atoms with Crippen molar-refractivity contribution in [1.29, 1.82) is 0 Å². The van der Waals surface area contributed by atoms with Crippen LogP contribution in [0.15, 0.2) is 59.6 Å². The van der Waals surface area contributed by atoms with Gasteiger partial charge in [-0.1, -0.05) is 23.2 Å². The van der Waals surface area contributed by atoms with E-state index < -0.39 is 10.0 Å². The van der Waals surface area contributed by atoms with Crippen LogP contribution in [-0.4, -0.2) is 65.6 Å². The topological polar surface area (TPSA) is 92.9 Å². The van der Waals surface area contributed by atoms with E-state index in [1.54, 1.807) is 59.2 Å². The lowest BCUT2D eigenvalue weighted by Crippen LogP contribution is -2.49. The van der Waals surface area contributed by atoms with E-state index in [0.717, 1.165) is 0 Å². The number of anilines is 1. The summed E-state index contributed by atoms with van der Waals surface area (Å²) in [6.07, 6.45) is 1.64. The van der Waals surface area contributed by atoms with Gasteiger partial charge >= 0.3 is 0 Å². The number of aromatic nitrogens is 4. The molecule has 34 heavy (non-hydrogen) atoms. The summed E-state index contributed by atoms with van der Waals surface area (Å²) in [5.74, 6) is 1.49. The van der Waals surface area contributed by atoms with Gasteiger partial charge in [-0.2, -0.15) is 13.8 Å². The Morgan fingerprint density at radius 1 is 0.971 bits per heavy atom. The Bertz CT molecular complexity index is 1450. The number of fused-ring (bicyclic) bond motifs is 1. The van der Waals surface area contributed by atoms with E-state index in [9.17, 15) is 8.42 Å². The number of ether oxygens (including phenoxy) is 1. The van der Waals surface area contributed by atoms with Crippen LogP contribution in [0.4, 0.5) is 5.95 Å². The van der Waals surface area contributed by atoms with Gasteiger partial charge in [0.2, 0.25) is 16.0 Å². The SMILES string of the molecule is COc1ccc(S(=O)(=O)N2CCN(c3nc4nccc(-c5cc(Cl)ccc5Cl)n4n3)CC2)cc1. The summed E-state index contributed by atoms with van der Waals surface area (Å²) in [6, 6.07) is 13.4. The molecule has 0 unspecified atom stereocenters. The molecule has 4 aromatic rings. The number of halogens is 2. The van der Waals surface area contributed by atoms with Gasteiger partial charge in [0.1, 0.15) is 5.75 Å². The third-order valence-electron chi connectivity index (χ3n) is 5.65. The van der Waals surface area contributed by atoms with Crippen LogP contribution in [0.3, 0.4) is 0 Å². The summed E-state index contributed by atoms with van der Waals surface area (Å²) < 4.78 is 34.3. The summed E-state index contributed by atoms with van der Waals surface area (Å²) in [5.41, 5.74) is 1.42. The van der Waals surface area contributed by atoms with Gasteiger partial charge in [-0.25, -0.2) is 13.4 Å². The van der Waals surface area contributed by atoms with Crippen LogP contribution >= 0.6 is 23.2 Å². The van der Waals surface area contributed by atoms with Gasteiger partial charge < -0.3 is 9.64 Å². The van der Waals surface area contributed by atoms with Gasteiger partial charge in [-0.15, -0.1) is 5.10 Å². The Balaban J connectivity index is 1.37. The minimum absolute atomic E-state index is 0.236. The molecule has 2 aromatic carbocycles. The Morgan fingerprint density at radius 2 is 1.71 bits per heavy atom. The van der Waals surface area contributed by atoms with E-state index in [1.807, 2.05) is 4.90 Å². The molecule has 3 heterocycles. The highest BCUT2D eigenvalue weighted by Gasteiger charge is 2.30. The normalized spacial score (nSPS) is 15.1. The number of hydrogen-bond donors (Lipinski definition) is 0. The van der Waals surface area contributed by atoms with E-state index in [0.29, 0.717) is 65.0 Å². The standard InChI is InChI=1S/C22H20Cl2N6O3S/c1-33-16-3-5-17(6-4-16)34(31,32)29-12-10-28(11-13-29)22-26-21-25-9-8-20(30(21)27-22)18-14-15(23)2-7-19(18)24/h2-9,14H,10-13H2,1H3. The summed E-state index contributed by atoms with van der Waals surface area (Å²) in [5, 5.41) is 5.72. The molecule has 9 nitrogen and oxygen atoms in total. The summed E-state index contributed by atoms with van der Waals surface area (Å²) >= 11 is 12.6. The molecule has 0 spiro atoms. The molecule has 1 aliphatic rings. The molecular formula is C22H20Cl2N6O3S. The molecule has 0 amide bonds. The Morgan fingerprint density at radius 3 is 2.41 bits per heavy atom. The average Bonchev–Trinajstić information content (AvgIpc) is 3.30. The first kappa shape index (κ1) is 22.9. The van der Waals surface area contributed by atoms with Crippen molar-refractivity contribution < 1.29 is 13.2 Å². The average molecular weight is 519 g/mol. The Hall–Kier alpha value is -2.92. The third-order valence-corrected chi connectivity index (χ3v) is 8.13. The van der Waals surface area contributed by atoms with Crippen LogP contribution in [-0.2, 0) is 10.0 Å². The van der Waals surface area contributed by atoms with Gasteiger partial charge in [0.05, 0.1) is 22.7 Å². The van der Waals surface area contributed by atoms with Crippen molar-refractivity contribution in [2.24, 2.45) is 0 Å². The lowest BCUT2D eigenvalue weighted by atomic mass is 10.1. The molecule has 0 N–H and O–H groups in total. The summed E-state index contributed by atoms with van der Waals surface area (Å²) in [6.45, 7) is 1.51. The van der Waals surface area contributed by atoms with Gasteiger partial charge in [0.25, 0.3) is 5.78 Å². The van der Waals surface area contributed by atoms with E-state index in [1.165, 1.54) is 11.4 Å². The Kier molecular flexibility index (Phi) is 6.07. The lowest BCUT2D eigenvalue weighted by Gasteiger charge is -2.33. The highest BCUT2D eigenvalue weighted by atomic mass is 35.5. The first-order valence-electron chi connectivity index (χ1n) is 10.4. The van der Waals surface area contributed by atoms with Crippen LogP contribution < -0.4 is 9.64 Å². The molecule has 5 rings (SSSR count). The van der Waals surface area contributed by atoms with Gasteiger partial charge in [0, 0.05) is 43.0 Å². The first-order valence-corrected chi connectivity index (χ1v) is 12.6. The lowest BCUT2D eigenvalue weighted by molar-refractivity contribution is 0.382. The van der Waals surface area contributed by atoms with Crippen LogP contribution in [0.5, 0.6) is 5.75 Å². The molecule has 12 heteroatoms. The highest BCUT2D eigenvalue weighted by molar-refractivity contribution is 7.89. The molecule has 0 aliphatic carbocycles. The molecule has 176 valence electrons. The number of methoxy groups -OCH3 is 1. The minimum Gasteiger partial charge on any atom is -0.497 e. The molecule has 2 aromatic heterocycles. The van der Waals surface area contributed by atoms with Crippen molar-refractivity contribution in [3.63, 3.8) is 0 Å². The second-order valence-electron chi connectivity index (χ2n) is 7.64. The van der Waals surface area contributed by atoms with Crippen LogP contribution in [0.1, 0.15) is 0 Å². The minimum atomic E-state index is -3.60. The van der Waals surface area contributed by atoms with Crippen molar-refractivity contribution in [1.82, 2.24) is 23.9 Å². The molecule has 0 saturated carbocycles. The van der Waals surface area contributed by atoms with Crippen molar-refractivity contribution in [2.75, 3.05) is 38.2 Å². The predicted octanol–water partition coefficient (Wildman–Crippen LogP) is 3.62. The van der Waals surface area contributed by atoms with Gasteiger partial charge in [-0.05, 0) is 48.5 Å². The maximum Gasteiger partial charge on any atom is 0.254 e. The second kappa shape index (κ2) is 9.03. The van der Waals surface area contributed by atoms with E-state index in [-0.39, 0.29) is 4.90 Å². The molecule has 1 saturated heterocycles. The van der Waals surface area contributed by atoms with E-state index in [2.05, 4.69) is 15.1 Å². The van der Waals surface area contributed by atoms with Crippen molar-refractivity contribution in [2.45, 2.75) is 4.90 Å². The zero-order chi connectivity index (χ0) is 23.9. The van der Waals surface area contributed by atoms with Gasteiger partial charge in [0.15, 0.2) is 0 Å². The predicted molar refractivity (Wildman–Crippen MR) is 130 cm³/mol. The highest BCUT2D eigenvalue weighted by Crippen LogP contribution is 2.31. The fourth-order valence-corrected chi connectivity index (χ4v) is 5.65. The number of piperazine rings is 1.